The summed E-state index contributed by atoms with van der Waals surface area (Å²) >= 11 is 0. The Morgan fingerprint density at radius 3 is 2.76 bits per heavy atom. The van der Waals surface area contributed by atoms with E-state index in [-0.39, 0.29) is 18.1 Å². The Bertz CT molecular complexity index is 503. The maximum Gasteiger partial charge on any atom is 0.246 e. The molecule has 0 aliphatic carbocycles. The van der Waals surface area contributed by atoms with Crippen LogP contribution in [0, 0.1) is 0 Å². The van der Waals surface area contributed by atoms with Crippen molar-refractivity contribution in [2.75, 3.05) is 13.1 Å². The first-order valence-electron chi connectivity index (χ1n) is 7.46. The lowest BCUT2D eigenvalue weighted by Gasteiger charge is -2.28. The van der Waals surface area contributed by atoms with Gasteiger partial charge in [0.15, 0.2) is 0 Å². The highest BCUT2D eigenvalue weighted by atomic mass is 16.5. The van der Waals surface area contributed by atoms with Gasteiger partial charge in [-0.05, 0) is 50.5 Å². The molecule has 1 fully saturated rings. The molecule has 4 nitrogen and oxygen atoms in total. The average molecular weight is 289 g/mol. The molecule has 1 aromatic carbocycles. The number of hydrogen-bond acceptors (Lipinski definition) is 3. The summed E-state index contributed by atoms with van der Waals surface area (Å²) in [6.07, 6.45) is 4.59. The van der Waals surface area contributed by atoms with Gasteiger partial charge in [0, 0.05) is 19.2 Å². The van der Waals surface area contributed by atoms with Crippen LogP contribution in [0.25, 0.3) is 6.08 Å². The first-order chi connectivity index (χ1) is 10.0. The largest absolute Gasteiger partial charge is 0.491 e. The van der Waals surface area contributed by atoms with Crippen LogP contribution in [0.1, 0.15) is 32.3 Å². The van der Waals surface area contributed by atoms with Gasteiger partial charge < -0.3 is 14.7 Å². The third-order valence-electron chi connectivity index (χ3n) is 3.42. The molecule has 0 bridgehead atoms. The fourth-order valence-corrected chi connectivity index (χ4v) is 2.32. The van der Waals surface area contributed by atoms with Gasteiger partial charge >= 0.3 is 0 Å². The number of aliphatic hydroxyl groups is 1. The highest BCUT2D eigenvalue weighted by Gasteiger charge is 2.19. The molecule has 1 N–H and O–H groups in total. The summed E-state index contributed by atoms with van der Waals surface area (Å²) in [7, 11) is 0. The molecule has 1 aliphatic heterocycles. The minimum absolute atomic E-state index is 0.00270. The van der Waals surface area contributed by atoms with Crippen LogP contribution < -0.4 is 4.74 Å². The van der Waals surface area contributed by atoms with Crippen molar-refractivity contribution in [1.29, 1.82) is 0 Å². The van der Waals surface area contributed by atoms with Crippen LogP contribution in [0.5, 0.6) is 5.75 Å². The van der Waals surface area contributed by atoms with Crippen molar-refractivity contribution in [1.82, 2.24) is 4.90 Å². The molecule has 0 unspecified atom stereocenters. The zero-order chi connectivity index (χ0) is 15.2. The summed E-state index contributed by atoms with van der Waals surface area (Å²) < 4.78 is 5.63. The molecule has 0 saturated carbocycles. The Morgan fingerprint density at radius 1 is 1.38 bits per heavy atom. The van der Waals surface area contributed by atoms with Gasteiger partial charge in [-0.15, -0.1) is 0 Å². The van der Waals surface area contributed by atoms with Gasteiger partial charge in [0.1, 0.15) is 5.75 Å². The van der Waals surface area contributed by atoms with Crippen LogP contribution in [0.4, 0.5) is 0 Å². The first-order valence-corrected chi connectivity index (χ1v) is 7.46. The summed E-state index contributed by atoms with van der Waals surface area (Å²) in [6, 6.07) is 7.69. The molecular formula is C17H23NO3. The molecule has 0 radical (unpaired) electrons. The van der Waals surface area contributed by atoms with E-state index in [2.05, 4.69) is 0 Å². The van der Waals surface area contributed by atoms with Gasteiger partial charge in [0.2, 0.25) is 5.91 Å². The number of aliphatic hydroxyl groups excluding tert-OH is 1. The van der Waals surface area contributed by atoms with Crippen LogP contribution in [0.15, 0.2) is 30.3 Å². The van der Waals surface area contributed by atoms with E-state index in [9.17, 15) is 9.90 Å². The molecule has 1 heterocycles. The lowest BCUT2D eigenvalue weighted by Crippen LogP contribution is -2.39. The number of piperidine rings is 1. The third kappa shape index (κ3) is 4.90. The molecule has 114 valence electrons. The van der Waals surface area contributed by atoms with E-state index in [0.717, 1.165) is 11.3 Å². The van der Waals surface area contributed by atoms with E-state index < -0.39 is 0 Å². The molecule has 1 aliphatic rings. The van der Waals surface area contributed by atoms with Gasteiger partial charge in [-0.2, -0.15) is 0 Å². The number of hydrogen-bond donors (Lipinski definition) is 1. The summed E-state index contributed by atoms with van der Waals surface area (Å²) in [5.41, 5.74) is 0.943. The van der Waals surface area contributed by atoms with Crippen molar-refractivity contribution in [3.8, 4) is 5.75 Å². The SMILES string of the molecule is CC(C)Oc1cccc(/C=C/C(=O)N2CCC(O)CC2)c1. The lowest BCUT2D eigenvalue weighted by atomic mass is 10.1. The van der Waals surface area contributed by atoms with Crippen LogP contribution in [0.3, 0.4) is 0 Å². The minimum atomic E-state index is -0.261. The predicted molar refractivity (Wildman–Crippen MR) is 83.1 cm³/mol. The number of likely N-dealkylation sites (tertiary alicyclic amines) is 1. The quantitative estimate of drug-likeness (QED) is 0.866. The van der Waals surface area contributed by atoms with Crippen molar-refractivity contribution in [2.45, 2.75) is 38.9 Å². The summed E-state index contributed by atoms with van der Waals surface area (Å²) in [5, 5.41) is 9.45. The highest BCUT2D eigenvalue weighted by molar-refractivity contribution is 5.91. The van der Waals surface area contributed by atoms with Crippen molar-refractivity contribution in [2.24, 2.45) is 0 Å². The zero-order valence-corrected chi connectivity index (χ0v) is 12.7. The molecule has 1 aromatic rings. The number of carbonyl (C=O) groups excluding carboxylic acids is 1. The number of benzene rings is 1. The molecule has 4 heteroatoms. The minimum Gasteiger partial charge on any atom is -0.491 e. The summed E-state index contributed by atoms with van der Waals surface area (Å²) in [6.45, 7) is 5.22. The first kappa shape index (κ1) is 15.6. The Kier molecular flexibility index (Phi) is 5.39. The lowest BCUT2D eigenvalue weighted by molar-refractivity contribution is -0.127. The van der Waals surface area contributed by atoms with E-state index in [1.54, 1.807) is 17.1 Å². The second kappa shape index (κ2) is 7.27. The normalized spacial score (nSPS) is 16.7. The third-order valence-corrected chi connectivity index (χ3v) is 3.42. The maximum absolute atomic E-state index is 12.1. The predicted octanol–water partition coefficient (Wildman–Crippen LogP) is 2.47. The fraction of sp³-hybridized carbons (Fsp3) is 0.471. The van der Waals surface area contributed by atoms with E-state index in [4.69, 9.17) is 4.74 Å². The molecular weight excluding hydrogens is 266 g/mol. The second-order valence-corrected chi connectivity index (χ2v) is 5.63. The average Bonchev–Trinajstić information content (AvgIpc) is 2.45. The number of rotatable bonds is 4. The topological polar surface area (TPSA) is 49.8 Å². The second-order valence-electron chi connectivity index (χ2n) is 5.63. The van der Waals surface area contributed by atoms with Crippen LogP contribution in [-0.2, 0) is 4.79 Å². The maximum atomic E-state index is 12.1. The van der Waals surface area contributed by atoms with Crippen molar-refractivity contribution < 1.29 is 14.6 Å². The smallest absolute Gasteiger partial charge is 0.246 e. The van der Waals surface area contributed by atoms with Crippen LogP contribution in [-0.4, -0.2) is 41.2 Å². The number of amides is 1. The molecule has 0 aromatic heterocycles. The van der Waals surface area contributed by atoms with Crippen molar-refractivity contribution in [3.05, 3.63) is 35.9 Å². The number of nitrogens with zero attached hydrogens (tertiary/aromatic N) is 1. The Balaban J connectivity index is 1.95. The van der Waals surface area contributed by atoms with Crippen LogP contribution >= 0.6 is 0 Å². The van der Waals surface area contributed by atoms with Crippen molar-refractivity contribution >= 4 is 12.0 Å². The summed E-state index contributed by atoms with van der Waals surface area (Å²) in [4.78, 5) is 13.8. The Labute approximate surface area is 126 Å². The highest BCUT2D eigenvalue weighted by Crippen LogP contribution is 2.16. The van der Waals surface area contributed by atoms with Gasteiger partial charge in [-0.3, -0.25) is 4.79 Å². The molecule has 2 rings (SSSR count). The molecule has 21 heavy (non-hydrogen) atoms. The zero-order valence-electron chi connectivity index (χ0n) is 12.7. The van der Waals surface area contributed by atoms with Crippen LogP contribution in [0.2, 0.25) is 0 Å². The van der Waals surface area contributed by atoms with Gasteiger partial charge in [0.05, 0.1) is 12.2 Å². The van der Waals surface area contributed by atoms with E-state index in [1.807, 2.05) is 38.1 Å². The van der Waals surface area contributed by atoms with Gasteiger partial charge in [-0.1, -0.05) is 12.1 Å². The molecule has 0 spiro atoms. The number of carbonyl (C=O) groups is 1. The van der Waals surface area contributed by atoms with E-state index in [0.29, 0.717) is 25.9 Å². The number of ether oxygens (including phenoxy) is 1. The monoisotopic (exact) mass is 289 g/mol. The fourth-order valence-electron chi connectivity index (χ4n) is 2.32. The van der Waals surface area contributed by atoms with Crippen molar-refractivity contribution in [3.63, 3.8) is 0 Å². The Hall–Kier alpha value is -1.81. The van der Waals surface area contributed by atoms with Gasteiger partial charge in [-0.25, -0.2) is 0 Å². The van der Waals surface area contributed by atoms with E-state index in [1.165, 1.54) is 0 Å². The Morgan fingerprint density at radius 2 is 2.10 bits per heavy atom. The van der Waals surface area contributed by atoms with E-state index >= 15 is 0 Å². The van der Waals surface area contributed by atoms with Gasteiger partial charge in [0.25, 0.3) is 0 Å². The standard InChI is InChI=1S/C17H23NO3/c1-13(2)21-16-5-3-4-14(12-16)6-7-17(20)18-10-8-15(19)9-11-18/h3-7,12-13,15,19H,8-11H2,1-2H3/b7-6+. The summed E-state index contributed by atoms with van der Waals surface area (Å²) in [5.74, 6) is 0.803. The molecule has 1 amide bonds. The molecule has 0 atom stereocenters. The molecule has 1 saturated heterocycles.